The molecule has 0 bridgehead atoms. The van der Waals surface area contributed by atoms with E-state index in [-0.39, 0.29) is 21.4 Å². The third kappa shape index (κ3) is 10.0. The van der Waals surface area contributed by atoms with E-state index in [0.29, 0.717) is 5.75 Å². The zero-order valence-electron chi connectivity index (χ0n) is 22.3. The average Bonchev–Trinajstić information content (AvgIpc) is 2.90. The second kappa shape index (κ2) is 14.5. The first kappa shape index (κ1) is 34.6. The number of hydrogen-bond donors (Lipinski definition) is 3. The molecule has 0 saturated heterocycles. The summed E-state index contributed by atoms with van der Waals surface area (Å²) in [5.74, 6) is -12.1. The van der Waals surface area contributed by atoms with Gasteiger partial charge < -0.3 is 25.4 Å². The number of Topliss-reactive ketones (excluding diaryl/α,β-unsaturated/α-hetero) is 1. The molecule has 1 unspecified atom stereocenters. The van der Waals surface area contributed by atoms with Gasteiger partial charge in [0.15, 0.2) is 6.61 Å². The van der Waals surface area contributed by atoms with Gasteiger partial charge in [0.25, 0.3) is 11.8 Å². The van der Waals surface area contributed by atoms with E-state index in [1.807, 2.05) is 0 Å². The molecule has 0 fully saturated rings. The second-order valence-electron chi connectivity index (χ2n) is 9.13. The lowest BCUT2D eigenvalue weighted by atomic mass is 9.94. The minimum Gasteiger partial charge on any atom is -0.497 e. The normalized spacial score (nSPS) is 13.1. The van der Waals surface area contributed by atoms with Crippen LogP contribution in [0.4, 0.5) is 22.0 Å². The first-order valence-corrected chi connectivity index (χ1v) is 12.8. The van der Waals surface area contributed by atoms with Gasteiger partial charge in [-0.05, 0) is 41.8 Å². The van der Waals surface area contributed by atoms with E-state index in [1.54, 1.807) is 0 Å². The zero-order valence-corrected chi connectivity index (χ0v) is 23.8. The number of ether oxygens (including phenoxy) is 2. The van der Waals surface area contributed by atoms with Crippen molar-refractivity contribution in [3.8, 4) is 11.5 Å². The number of methoxy groups -OCH3 is 1. The summed E-state index contributed by atoms with van der Waals surface area (Å²) >= 11 is 11.8. The fourth-order valence-electron chi connectivity index (χ4n) is 3.43. The van der Waals surface area contributed by atoms with Crippen molar-refractivity contribution in [3.63, 3.8) is 0 Å². The quantitative estimate of drug-likeness (QED) is 0.222. The van der Waals surface area contributed by atoms with E-state index >= 15 is 0 Å². The van der Waals surface area contributed by atoms with Gasteiger partial charge in [-0.3, -0.25) is 19.2 Å². The highest BCUT2D eigenvalue weighted by molar-refractivity contribution is 6.34. The van der Waals surface area contributed by atoms with Crippen molar-refractivity contribution >= 4 is 46.7 Å². The number of hydrogen-bond acceptors (Lipinski definition) is 6. The molecule has 0 saturated carbocycles. The third-order valence-corrected chi connectivity index (χ3v) is 5.95. The minimum absolute atomic E-state index is 0.129. The molecule has 0 aromatic heterocycles. The van der Waals surface area contributed by atoms with Crippen molar-refractivity contribution in [1.29, 1.82) is 0 Å². The van der Waals surface area contributed by atoms with E-state index in [0.717, 1.165) is 5.32 Å². The van der Waals surface area contributed by atoms with Crippen LogP contribution >= 0.6 is 23.2 Å². The lowest BCUT2D eigenvalue weighted by Crippen LogP contribution is -2.58. The topological polar surface area (TPSA) is 123 Å². The van der Waals surface area contributed by atoms with E-state index in [9.17, 15) is 41.1 Å². The van der Waals surface area contributed by atoms with E-state index in [2.05, 4.69) is 10.6 Å². The highest BCUT2D eigenvalue weighted by atomic mass is 35.5. The Bertz CT molecular complexity index is 1270. The Kier molecular flexibility index (Phi) is 11.9. The summed E-state index contributed by atoms with van der Waals surface area (Å²) in [5.41, 5.74) is 0.136. The molecule has 0 radical (unpaired) electrons. The molecule has 2 aromatic carbocycles. The van der Waals surface area contributed by atoms with Crippen molar-refractivity contribution in [3.05, 3.63) is 58.1 Å². The van der Waals surface area contributed by atoms with Crippen LogP contribution in [0.25, 0.3) is 0 Å². The van der Waals surface area contributed by atoms with Crippen LogP contribution in [-0.2, 0) is 19.2 Å². The van der Waals surface area contributed by atoms with Gasteiger partial charge >= 0.3 is 12.1 Å². The second-order valence-corrected chi connectivity index (χ2v) is 10.0. The van der Waals surface area contributed by atoms with Crippen LogP contribution in [0.5, 0.6) is 11.5 Å². The van der Waals surface area contributed by atoms with E-state index in [4.69, 9.17) is 32.7 Å². The maximum absolute atomic E-state index is 14.6. The average molecular weight is 642 g/mol. The molecule has 16 heteroatoms. The molecule has 0 aliphatic heterocycles. The molecule has 9 nitrogen and oxygen atoms in total. The smallest absolute Gasteiger partial charge is 0.405 e. The Morgan fingerprint density at radius 2 is 1.45 bits per heavy atom. The zero-order chi connectivity index (χ0) is 31.8. The molecule has 0 heterocycles. The number of amides is 3. The lowest BCUT2D eigenvalue weighted by Gasteiger charge is -2.27. The van der Waals surface area contributed by atoms with E-state index < -0.39 is 66.8 Å². The first-order valence-electron chi connectivity index (χ1n) is 12.0. The van der Waals surface area contributed by atoms with E-state index in [1.165, 1.54) is 63.4 Å². The molecule has 2 atom stereocenters. The summed E-state index contributed by atoms with van der Waals surface area (Å²) in [7, 11) is 1.38. The molecule has 3 N–H and O–H groups in total. The lowest BCUT2D eigenvalue weighted by molar-refractivity contribution is -0.165. The Morgan fingerprint density at radius 3 is 1.95 bits per heavy atom. The molecular weight excluding hydrogens is 616 g/mol. The van der Waals surface area contributed by atoms with Gasteiger partial charge in [-0.2, -0.15) is 22.0 Å². The van der Waals surface area contributed by atoms with Crippen LogP contribution in [0, 0.1) is 5.92 Å². The third-order valence-electron chi connectivity index (χ3n) is 5.51. The fourth-order valence-corrected chi connectivity index (χ4v) is 3.94. The van der Waals surface area contributed by atoms with Crippen molar-refractivity contribution in [2.45, 2.75) is 38.0 Å². The van der Waals surface area contributed by atoms with Gasteiger partial charge in [-0.15, -0.1) is 0 Å². The summed E-state index contributed by atoms with van der Waals surface area (Å²) in [6.07, 6.45) is -5.01. The van der Waals surface area contributed by atoms with Crippen molar-refractivity contribution < 1.29 is 50.6 Å². The summed E-state index contributed by atoms with van der Waals surface area (Å²) in [5, 5.41) is 5.86. The highest BCUT2D eigenvalue weighted by Crippen LogP contribution is 2.25. The highest BCUT2D eigenvalue weighted by Gasteiger charge is 2.52. The maximum atomic E-state index is 14.6. The minimum atomic E-state index is -5.01. The standard InChI is InChI=1S/C26H26Cl2F5N3O6/c1-13(2)20(22(38)26(32,33)24(40)34-12-25(29,30)31)36-23(39)21(14-4-6-17(41-3)7-5-14)35-19(37)11-42-18-9-15(27)8-16(28)10-18/h4-10,13,20-21H,11-12H2,1-3H3,(H,34,40)(H,35,37)(H,36,39)/t20-,21?/m0/s1. The number of halogens is 7. The number of benzene rings is 2. The molecule has 0 aliphatic rings. The first-order chi connectivity index (χ1) is 19.4. The Labute approximate surface area is 247 Å². The Hall–Kier alpha value is -3.65. The SMILES string of the molecule is COc1ccc(C(NC(=O)COc2cc(Cl)cc(Cl)c2)C(=O)N[C@H](C(=O)C(F)(F)C(=O)NCC(F)(F)F)C(C)C)cc1. The van der Waals surface area contributed by atoms with Gasteiger partial charge in [0, 0.05) is 10.0 Å². The fraction of sp³-hybridized carbons (Fsp3) is 0.385. The number of nitrogens with one attached hydrogen (secondary N) is 3. The van der Waals surface area contributed by atoms with Gasteiger partial charge in [0.05, 0.1) is 13.2 Å². The van der Waals surface area contributed by atoms with Crippen LogP contribution < -0.4 is 25.4 Å². The molecule has 42 heavy (non-hydrogen) atoms. The summed E-state index contributed by atoms with van der Waals surface area (Å²) in [6, 6.07) is 6.21. The van der Waals surface area contributed by atoms with Gasteiger partial charge in [0.2, 0.25) is 11.7 Å². The predicted octanol–water partition coefficient (Wildman–Crippen LogP) is 4.26. The largest absolute Gasteiger partial charge is 0.497 e. The molecule has 0 aliphatic carbocycles. The molecular formula is C26H26Cl2F5N3O6. The maximum Gasteiger partial charge on any atom is 0.405 e. The van der Waals surface area contributed by atoms with Gasteiger partial charge in [-0.25, -0.2) is 0 Å². The summed E-state index contributed by atoms with van der Waals surface area (Å²) in [6.45, 7) is -0.210. The number of rotatable bonds is 13. The van der Waals surface area contributed by atoms with Gasteiger partial charge in [-0.1, -0.05) is 49.2 Å². The summed E-state index contributed by atoms with van der Waals surface area (Å²) < 4.78 is 76.7. The number of alkyl halides is 5. The van der Waals surface area contributed by atoms with Crippen molar-refractivity contribution in [2.24, 2.45) is 5.92 Å². The van der Waals surface area contributed by atoms with Crippen molar-refractivity contribution in [1.82, 2.24) is 16.0 Å². The molecule has 0 spiro atoms. The number of ketones is 1. The molecule has 230 valence electrons. The van der Waals surface area contributed by atoms with Crippen LogP contribution in [0.1, 0.15) is 25.5 Å². The van der Waals surface area contributed by atoms with Crippen LogP contribution in [-0.4, -0.2) is 61.9 Å². The predicted molar refractivity (Wildman–Crippen MR) is 142 cm³/mol. The van der Waals surface area contributed by atoms with Gasteiger partial charge in [0.1, 0.15) is 24.1 Å². The number of carbonyl (C=O) groups is 4. The van der Waals surface area contributed by atoms with Crippen LogP contribution in [0.2, 0.25) is 10.0 Å². The van der Waals surface area contributed by atoms with Crippen LogP contribution in [0.15, 0.2) is 42.5 Å². The monoisotopic (exact) mass is 641 g/mol. The molecule has 2 rings (SSSR count). The summed E-state index contributed by atoms with van der Waals surface area (Å²) in [4.78, 5) is 50.4. The Balaban J connectivity index is 2.27. The molecule has 2 aromatic rings. The molecule has 3 amide bonds. The Morgan fingerprint density at radius 1 is 0.881 bits per heavy atom. The van der Waals surface area contributed by atoms with Crippen molar-refractivity contribution in [2.75, 3.05) is 20.3 Å². The number of carbonyl (C=O) groups excluding carboxylic acids is 4. The van der Waals surface area contributed by atoms with Crippen LogP contribution in [0.3, 0.4) is 0 Å².